The van der Waals surface area contributed by atoms with Gasteiger partial charge in [-0.2, -0.15) is 0 Å². The fourth-order valence-electron chi connectivity index (χ4n) is 2.73. The van der Waals surface area contributed by atoms with Crippen molar-refractivity contribution in [1.29, 1.82) is 0 Å². The van der Waals surface area contributed by atoms with Gasteiger partial charge in [0.05, 0.1) is 13.7 Å². The summed E-state index contributed by atoms with van der Waals surface area (Å²) in [5.74, 6) is -0.00202. The van der Waals surface area contributed by atoms with Crippen LogP contribution < -0.4 is 10.1 Å². The Morgan fingerprint density at radius 3 is 2.39 bits per heavy atom. The lowest BCUT2D eigenvalue weighted by Gasteiger charge is -2.18. The molecule has 0 unspecified atom stereocenters. The van der Waals surface area contributed by atoms with Crippen LogP contribution in [0.15, 0.2) is 47.4 Å². The predicted octanol–water partition coefficient (Wildman–Crippen LogP) is 2.32. The molecule has 0 fully saturated rings. The molecule has 1 amide bonds. The molecule has 2 aromatic carbocycles. The summed E-state index contributed by atoms with van der Waals surface area (Å²) in [5.41, 5.74) is 2.72. The Kier molecular flexibility index (Phi) is 7.17. The Bertz CT molecular complexity index is 942. The van der Waals surface area contributed by atoms with Crippen molar-refractivity contribution in [3.8, 4) is 5.75 Å². The number of benzene rings is 2. The molecule has 152 valence electrons. The third-order valence-electron chi connectivity index (χ3n) is 4.32. The van der Waals surface area contributed by atoms with Gasteiger partial charge in [-0.25, -0.2) is 12.7 Å². The molecule has 0 aromatic heterocycles. The number of anilines is 1. The molecule has 0 radical (unpaired) electrons. The van der Waals surface area contributed by atoms with Crippen LogP contribution in [0.2, 0.25) is 0 Å². The molecule has 0 spiro atoms. The Morgan fingerprint density at radius 2 is 1.79 bits per heavy atom. The molecule has 1 N–H and O–H groups in total. The van der Waals surface area contributed by atoms with Crippen LogP contribution in [0.25, 0.3) is 0 Å². The standard InChI is InChI=1S/C20H27N3O4S/c1-15-8-6-7-9-16(15)13-23(4)14-20(24)21-17-10-11-18(27-5)19(12-17)28(25,26)22(2)3/h6-12H,13-14H2,1-5H3,(H,21,24). The average molecular weight is 406 g/mol. The Labute approximate surface area is 167 Å². The second kappa shape index (κ2) is 9.18. The van der Waals surface area contributed by atoms with Crippen LogP contribution in [-0.4, -0.2) is 58.3 Å². The molecule has 0 atom stereocenters. The van der Waals surface area contributed by atoms with E-state index < -0.39 is 10.0 Å². The van der Waals surface area contributed by atoms with E-state index in [1.54, 1.807) is 6.07 Å². The summed E-state index contributed by atoms with van der Waals surface area (Å²) in [6.45, 7) is 2.85. The lowest BCUT2D eigenvalue weighted by Crippen LogP contribution is -2.30. The minimum atomic E-state index is -3.70. The molecule has 0 saturated carbocycles. The number of amides is 1. The molecule has 28 heavy (non-hydrogen) atoms. The van der Waals surface area contributed by atoms with Crippen LogP contribution in [-0.2, 0) is 21.4 Å². The van der Waals surface area contributed by atoms with E-state index in [4.69, 9.17) is 4.74 Å². The lowest BCUT2D eigenvalue weighted by atomic mass is 10.1. The van der Waals surface area contributed by atoms with Crippen molar-refractivity contribution < 1.29 is 17.9 Å². The SMILES string of the molecule is COc1ccc(NC(=O)CN(C)Cc2ccccc2C)cc1S(=O)(=O)N(C)C. The summed E-state index contributed by atoms with van der Waals surface area (Å²) in [4.78, 5) is 14.3. The van der Waals surface area contributed by atoms with Crippen molar-refractivity contribution in [3.05, 3.63) is 53.6 Å². The van der Waals surface area contributed by atoms with E-state index in [9.17, 15) is 13.2 Å². The molecule has 0 aliphatic rings. The summed E-state index contributed by atoms with van der Waals surface area (Å²) in [7, 11) is 2.46. The number of methoxy groups -OCH3 is 1. The summed E-state index contributed by atoms with van der Waals surface area (Å²) < 4.78 is 31.2. The van der Waals surface area contributed by atoms with Crippen molar-refractivity contribution in [2.24, 2.45) is 0 Å². The molecule has 0 bridgehead atoms. The highest BCUT2D eigenvalue weighted by Gasteiger charge is 2.23. The predicted molar refractivity (Wildman–Crippen MR) is 110 cm³/mol. The van der Waals surface area contributed by atoms with E-state index in [0.717, 1.165) is 9.87 Å². The third-order valence-corrected chi connectivity index (χ3v) is 6.16. The lowest BCUT2D eigenvalue weighted by molar-refractivity contribution is -0.117. The molecule has 7 nitrogen and oxygen atoms in total. The molecule has 2 aromatic rings. The first kappa shape index (κ1) is 21.9. The van der Waals surface area contributed by atoms with Gasteiger partial charge in [0.25, 0.3) is 0 Å². The molecular formula is C20H27N3O4S. The summed E-state index contributed by atoms with van der Waals surface area (Å²) in [5, 5.41) is 2.76. The highest BCUT2D eigenvalue weighted by molar-refractivity contribution is 7.89. The number of hydrogen-bond donors (Lipinski definition) is 1. The van der Waals surface area contributed by atoms with Gasteiger partial charge in [0, 0.05) is 26.3 Å². The quantitative estimate of drug-likeness (QED) is 0.729. The van der Waals surface area contributed by atoms with E-state index in [-0.39, 0.29) is 23.1 Å². The smallest absolute Gasteiger partial charge is 0.246 e. The number of hydrogen-bond acceptors (Lipinski definition) is 5. The number of rotatable bonds is 8. The number of carbonyl (C=O) groups excluding carboxylic acids is 1. The number of nitrogens with zero attached hydrogens (tertiary/aromatic N) is 2. The minimum absolute atomic E-state index is 0.00562. The Morgan fingerprint density at radius 1 is 1.11 bits per heavy atom. The molecule has 2 rings (SSSR count). The van der Waals surface area contributed by atoms with Gasteiger partial charge in [-0.1, -0.05) is 24.3 Å². The number of aryl methyl sites for hydroxylation is 1. The van der Waals surface area contributed by atoms with Crippen molar-refractivity contribution in [2.75, 3.05) is 40.1 Å². The van der Waals surface area contributed by atoms with E-state index in [2.05, 4.69) is 5.32 Å². The molecule has 8 heteroatoms. The number of nitrogens with one attached hydrogen (secondary N) is 1. The monoisotopic (exact) mass is 405 g/mol. The molecule has 0 heterocycles. The van der Waals surface area contributed by atoms with Crippen LogP contribution in [0.5, 0.6) is 5.75 Å². The van der Waals surface area contributed by atoms with E-state index in [1.165, 1.54) is 38.9 Å². The topological polar surface area (TPSA) is 79.0 Å². The highest BCUT2D eigenvalue weighted by atomic mass is 32.2. The van der Waals surface area contributed by atoms with Gasteiger partial charge in [0.2, 0.25) is 15.9 Å². The largest absolute Gasteiger partial charge is 0.495 e. The molecule has 0 aliphatic carbocycles. The molecule has 0 saturated heterocycles. The van der Waals surface area contributed by atoms with Gasteiger partial charge < -0.3 is 10.1 Å². The van der Waals surface area contributed by atoms with Crippen LogP contribution >= 0.6 is 0 Å². The normalized spacial score (nSPS) is 11.7. The maximum atomic E-state index is 12.5. The zero-order valence-corrected chi connectivity index (χ0v) is 17.7. The number of carbonyl (C=O) groups is 1. The van der Waals surface area contributed by atoms with Crippen molar-refractivity contribution in [1.82, 2.24) is 9.21 Å². The van der Waals surface area contributed by atoms with Gasteiger partial charge >= 0.3 is 0 Å². The van der Waals surface area contributed by atoms with Crippen molar-refractivity contribution in [2.45, 2.75) is 18.4 Å². The first-order valence-corrected chi connectivity index (χ1v) is 10.2. The van der Waals surface area contributed by atoms with E-state index in [1.807, 2.05) is 43.1 Å². The summed E-state index contributed by atoms with van der Waals surface area (Å²) >= 11 is 0. The number of sulfonamides is 1. The molecular weight excluding hydrogens is 378 g/mol. The fraction of sp³-hybridized carbons (Fsp3) is 0.350. The summed E-state index contributed by atoms with van der Waals surface area (Å²) in [6, 6.07) is 12.6. The van der Waals surface area contributed by atoms with Crippen molar-refractivity contribution in [3.63, 3.8) is 0 Å². The Balaban J connectivity index is 2.10. The first-order chi connectivity index (χ1) is 13.1. The fourth-order valence-corrected chi connectivity index (χ4v) is 3.81. The van der Waals surface area contributed by atoms with Gasteiger partial charge in [-0.05, 0) is 43.3 Å². The van der Waals surface area contributed by atoms with Crippen LogP contribution in [0.1, 0.15) is 11.1 Å². The maximum Gasteiger partial charge on any atom is 0.246 e. The van der Waals surface area contributed by atoms with E-state index in [0.29, 0.717) is 12.2 Å². The maximum absolute atomic E-state index is 12.5. The van der Waals surface area contributed by atoms with E-state index >= 15 is 0 Å². The van der Waals surface area contributed by atoms with Gasteiger partial charge in [0.1, 0.15) is 10.6 Å². The first-order valence-electron chi connectivity index (χ1n) is 8.78. The third kappa shape index (κ3) is 5.31. The zero-order chi connectivity index (χ0) is 20.9. The van der Waals surface area contributed by atoms with Gasteiger partial charge in [0.15, 0.2) is 0 Å². The van der Waals surface area contributed by atoms with Gasteiger partial charge in [-0.15, -0.1) is 0 Å². The Hall–Kier alpha value is -2.42. The summed E-state index contributed by atoms with van der Waals surface area (Å²) in [6.07, 6.45) is 0. The average Bonchev–Trinajstić information content (AvgIpc) is 2.63. The number of ether oxygens (including phenoxy) is 1. The minimum Gasteiger partial charge on any atom is -0.495 e. The second-order valence-corrected chi connectivity index (χ2v) is 8.92. The van der Waals surface area contributed by atoms with Crippen LogP contribution in [0.3, 0.4) is 0 Å². The van der Waals surface area contributed by atoms with Crippen LogP contribution in [0, 0.1) is 6.92 Å². The second-order valence-electron chi connectivity index (χ2n) is 6.80. The number of likely N-dealkylation sites (N-methyl/N-ethyl adjacent to an activating group) is 1. The van der Waals surface area contributed by atoms with Gasteiger partial charge in [-0.3, -0.25) is 9.69 Å². The highest BCUT2D eigenvalue weighted by Crippen LogP contribution is 2.28. The van der Waals surface area contributed by atoms with Crippen LogP contribution in [0.4, 0.5) is 5.69 Å². The molecule has 0 aliphatic heterocycles. The zero-order valence-electron chi connectivity index (χ0n) is 16.9. The van der Waals surface area contributed by atoms with Crippen molar-refractivity contribution >= 4 is 21.6 Å².